The van der Waals surface area contributed by atoms with Crippen molar-refractivity contribution in [2.24, 2.45) is 9.98 Å². The van der Waals surface area contributed by atoms with Crippen molar-refractivity contribution in [1.82, 2.24) is 0 Å². The van der Waals surface area contributed by atoms with Crippen molar-refractivity contribution >= 4 is 27.5 Å². The molecule has 0 aromatic heterocycles. The highest BCUT2D eigenvalue weighted by atomic mass is 79.9. The van der Waals surface area contributed by atoms with Crippen LogP contribution in [0.1, 0.15) is 40.5 Å². The summed E-state index contributed by atoms with van der Waals surface area (Å²) in [5.74, 6) is 0.823. The van der Waals surface area contributed by atoms with Crippen LogP contribution in [0.25, 0.3) is 0 Å². The Balaban J connectivity index is 5.02. The minimum absolute atomic E-state index is 0.823. The lowest BCUT2D eigenvalue weighted by Gasteiger charge is -2.03. The van der Waals surface area contributed by atoms with E-state index in [1.165, 1.54) is 5.57 Å². The zero-order chi connectivity index (χ0) is 12.6. The van der Waals surface area contributed by atoms with Gasteiger partial charge in [-0.05, 0) is 38.8 Å². The highest BCUT2D eigenvalue weighted by Gasteiger charge is 1.99. The van der Waals surface area contributed by atoms with Crippen molar-refractivity contribution in [2.75, 3.05) is 7.05 Å². The van der Waals surface area contributed by atoms with Crippen LogP contribution in [0.4, 0.5) is 0 Å². The normalized spacial score (nSPS) is 15.6. The van der Waals surface area contributed by atoms with Crippen molar-refractivity contribution < 1.29 is 0 Å². The summed E-state index contributed by atoms with van der Waals surface area (Å²) in [4.78, 5) is 8.54. The number of rotatable bonds is 4. The average molecular weight is 285 g/mol. The van der Waals surface area contributed by atoms with E-state index in [2.05, 4.69) is 45.8 Å². The molecule has 0 heterocycles. The third-order valence-electron chi connectivity index (χ3n) is 2.15. The Morgan fingerprint density at radius 2 is 1.94 bits per heavy atom. The second kappa shape index (κ2) is 8.45. The van der Waals surface area contributed by atoms with Crippen LogP contribution in [0, 0.1) is 0 Å². The lowest BCUT2D eigenvalue weighted by Crippen LogP contribution is -1.99. The molecule has 0 fully saturated rings. The first-order chi connectivity index (χ1) is 7.54. The van der Waals surface area contributed by atoms with Crippen LogP contribution >= 0.6 is 15.9 Å². The largest absolute Gasteiger partial charge is 0.274 e. The van der Waals surface area contributed by atoms with E-state index in [0.29, 0.717) is 0 Å². The number of hydrogen-bond donors (Lipinski definition) is 0. The maximum Gasteiger partial charge on any atom is 0.120 e. The van der Waals surface area contributed by atoms with E-state index in [-0.39, 0.29) is 0 Å². The predicted molar refractivity (Wildman–Crippen MR) is 77.8 cm³/mol. The van der Waals surface area contributed by atoms with E-state index in [0.717, 1.165) is 28.9 Å². The number of allylic oxidation sites excluding steroid dienone is 4. The molecule has 0 aromatic carbocycles. The molecular formula is C13H21BrN2. The van der Waals surface area contributed by atoms with Gasteiger partial charge in [-0.1, -0.05) is 35.4 Å². The molecule has 0 N–H and O–H groups in total. The van der Waals surface area contributed by atoms with Crippen LogP contribution in [0.5, 0.6) is 0 Å². The Morgan fingerprint density at radius 1 is 1.31 bits per heavy atom. The molecule has 0 amide bonds. The lowest BCUT2D eigenvalue weighted by molar-refractivity contribution is 0.996. The summed E-state index contributed by atoms with van der Waals surface area (Å²) in [6, 6.07) is 0. The molecule has 0 aromatic rings. The fourth-order valence-corrected chi connectivity index (χ4v) is 1.34. The van der Waals surface area contributed by atoms with Crippen LogP contribution in [-0.4, -0.2) is 18.6 Å². The molecule has 3 heteroatoms. The van der Waals surface area contributed by atoms with Crippen LogP contribution in [0.15, 0.2) is 32.2 Å². The number of amidine groups is 1. The first kappa shape index (κ1) is 15.3. The number of hydrogen-bond acceptors (Lipinski definition) is 1. The summed E-state index contributed by atoms with van der Waals surface area (Å²) >= 11 is 3.51. The van der Waals surface area contributed by atoms with E-state index in [1.807, 2.05) is 19.9 Å². The van der Waals surface area contributed by atoms with Crippen LogP contribution in [0.2, 0.25) is 0 Å². The van der Waals surface area contributed by atoms with E-state index >= 15 is 0 Å². The van der Waals surface area contributed by atoms with Crippen molar-refractivity contribution in [2.45, 2.75) is 40.5 Å². The molecule has 0 bridgehead atoms. The van der Waals surface area contributed by atoms with Crippen molar-refractivity contribution in [1.29, 1.82) is 0 Å². The Kier molecular flexibility index (Phi) is 8.08. The molecule has 0 rings (SSSR count). The standard InChI is InChI=1S/C13H21BrN2/c1-6-8-12(16-11(4)15-5)9-10(3)13(14)7-2/h7,9H,6,8H2,1-5H3/b10-9-,13-7+,15-11?,16-12?. The van der Waals surface area contributed by atoms with Gasteiger partial charge in [0.25, 0.3) is 0 Å². The topological polar surface area (TPSA) is 24.7 Å². The van der Waals surface area contributed by atoms with E-state index in [4.69, 9.17) is 0 Å². The predicted octanol–water partition coefficient (Wildman–Crippen LogP) is 4.52. The number of aliphatic imine (C=N–C) groups is 2. The number of nitrogens with zero attached hydrogens (tertiary/aromatic N) is 2. The summed E-state index contributed by atoms with van der Waals surface area (Å²) in [5, 5.41) is 0. The average Bonchev–Trinajstić information content (AvgIpc) is 2.27. The molecule has 0 saturated carbocycles. The van der Waals surface area contributed by atoms with Gasteiger partial charge >= 0.3 is 0 Å². The summed E-state index contributed by atoms with van der Waals surface area (Å²) in [7, 11) is 1.76. The highest BCUT2D eigenvalue weighted by Crippen LogP contribution is 2.16. The molecule has 0 spiro atoms. The zero-order valence-electron chi connectivity index (χ0n) is 10.8. The molecule has 2 nitrogen and oxygen atoms in total. The molecule has 0 unspecified atom stereocenters. The van der Waals surface area contributed by atoms with Gasteiger partial charge in [0, 0.05) is 17.2 Å². The Labute approximate surface area is 107 Å². The van der Waals surface area contributed by atoms with Crippen LogP contribution in [-0.2, 0) is 0 Å². The SMILES string of the molecule is C/C=C(Br)\C(C)=C/C(CCC)=NC(C)=NC. The molecule has 16 heavy (non-hydrogen) atoms. The Bertz CT molecular complexity index is 336. The molecule has 0 saturated heterocycles. The third kappa shape index (κ3) is 6.01. The maximum atomic E-state index is 4.48. The van der Waals surface area contributed by atoms with E-state index in [9.17, 15) is 0 Å². The molecule has 0 aliphatic heterocycles. The van der Waals surface area contributed by atoms with Gasteiger partial charge in [-0.3, -0.25) is 4.99 Å². The minimum atomic E-state index is 0.823. The fourth-order valence-electron chi connectivity index (χ4n) is 1.22. The second-order valence-corrected chi connectivity index (χ2v) is 4.44. The Morgan fingerprint density at radius 3 is 2.38 bits per heavy atom. The van der Waals surface area contributed by atoms with Gasteiger partial charge in [-0.2, -0.15) is 0 Å². The Hall–Kier alpha value is -0.700. The van der Waals surface area contributed by atoms with Crippen molar-refractivity contribution in [3.05, 3.63) is 22.2 Å². The monoisotopic (exact) mass is 284 g/mol. The van der Waals surface area contributed by atoms with Gasteiger partial charge in [0.05, 0.1) is 0 Å². The summed E-state index contributed by atoms with van der Waals surface area (Å²) in [5.41, 5.74) is 2.28. The molecule has 0 atom stereocenters. The summed E-state index contributed by atoms with van der Waals surface area (Å²) in [6.45, 7) is 8.16. The highest BCUT2D eigenvalue weighted by molar-refractivity contribution is 9.12. The summed E-state index contributed by atoms with van der Waals surface area (Å²) < 4.78 is 1.11. The van der Waals surface area contributed by atoms with Gasteiger partial charge in [-0.15, -0.1) is 0 Å². The fraction of sp³-hybridized carbons (Fsp3) is 0.538. The van der Waals surface area contributed by atoms with Gasteiger partial charge in [0.2, 0.25) is 0 Å². The molecule has 90 valence electrons. The quantitative estimate of drug-likeness (QED) is 0.412. The first-order valence-corrected chi connectivity index (χ1v) is 6.35. The van der Waals surface area contributed by atoms with Crippen molar-refractivity contribution in [3.63, 3.8) is 0 Å². The van der Waals surface area contributed by atoms with Crippen LogP contribution in [0.3, 0.4) is 0 Å². The zero-order valence-corrected chi connectivity index (χ0v) is 12.4. The van der Waals surface area contributed by atoms with Gasteiger partial charge in [0.15, 0.2) is 0 Å². The van der Waals surface area contributed by atoms with E-state index in [1.54, 1.807) is 7.05 Å². The van der Waals surface area contributed by atoms with E-state index < -0.39 is 0 Å². The first-order valence-electron chi connectivity index (χ1n) is 5.56. The van der Waals surface area contributed by atoms with Gasteiger partial charge in [0.1, 0.15) is 5.84 Å². The smallest absolute Gasteiger partial charge is 0.120 e. The minimum Gasteiger partial charge on any atom is -0.274 e. The van der Waals surface area contributed by atoms with Gasteiger partial charge in [-0.25, -0.2) is 4.99 Å². The molecule has 0 aliphatic carbocycles. The summed E-state index contributed by atoms with van der Waals surface area (Å²) in [6.07, 6.45) is 6.22. The van der Waals surface area contributed by atoms with Gasteiger partial charge < -0.3 is 0 Å². The molecule has 0 aliphatic rings. The lowest BCUT2D eigenvalue weighted by atomic mass is 10.1. The molecular weight excluding hydrogens is 264 g/mol. The number of halogens is 1. The van der Waals surface area contributed by atoms with Crippen molar-refractivity contribution in [3.8, 4) is 0 Å². The second-order valence-electron chi connectivity index (χ2n) is 3.59. The third-order valence-corrected chi connectivity index (χ3v) is 3.23. The maximum absolute atomic E-state index is 4.48. The van der Waals surface area contributed by atoms with Crippen LogP contribution < -0.4 is 0 Å². The molecule has 0 radical (unpaired) electrons.